The minimum Gasteiger partial charge on any atom is -0.497 e. The van der Waals surface area contributed by atoms with Crippen LogP contribution in [0.2, 0.25) is 0 Å². The van der Waals surface area contributed by atoms with Crippen molar-refractivity contribution in [2.45, 2.75) is 0 Å². The van der Waals surface area contributed by atoms with Crippen LogP contribution in [0.25, 0.3) is 10.2 Å². The molecule has 3 aromatic rings. The number of anilines is 2. The lowest BCUT2D eigenvalue weighted by atomic mass is 10.3. The highest BCUT2D eigenvalue weighted by atomic mass is 32.1. The zero-order valence-electron chi connectivity index (χ0n) is 12.5. The highest BCUT2D eigenvalue weighted by Crippen LogP contribution is 2.29. The molecule has 0 atom stereocenters. The number of nitro benzene ring substituents is 1. The SMILES string of the molecule is COc1ccc2nc(NC(=O)Nc3ccc([N+](=O)[O-])cc3)sc2c1. The number of thiazole rings is 1. The van der Waals surface area contributed by atoms with Crippen LogP contribution in [-0.2, 0) is 0 Å². The van der Waals surface area contributed by atoms with Gasteiger partial charge in [0.2, 0.25) is 0 Å². The Bertz CT molecular complexity index is 907. The zero-order chi connectivity index (χ0) is 17.1. The van der Waals surface area contributed by atoms with E-state index in [9.17, 15) is 14.9 Å². The number of benzene rings is 2. The predicted octanol–water partition coefficient (Wildman–Crippen LogP) is 3.86. The molecule has 24 heavy (non-hydrogen) atoms. The lowest BCUT2D eigenvalue weighted by Crippen LogP contribution is -2.19. The van der Waals surface area contributed by atoms with Gasteiger partial charge in [0.05, 0.1) is 22.2 Å². The fourth-order valence-corrected chi connectivity index (χ4v) is 2.90. The van der Waals surface area contributed by atoms with Crippen molar-refractivity contribution in [1.82, 2.24) is 4.98 Å². The van der Waals surface area contributed by atoms with Crippen LogP contribution in [0.4, 0.5) is 21.3 Å². The van der Waals surface area contributed by atoms with E-state index in [1.807, 2.05) is 12.1 Å². The van der Waals surface area contributed by atoms with Crippen molar-refractivity contribution in [1.29, 1.82) is 0 Å². The van der Waals surface area contributed by atoms with E-state index in [4.69, 9.17) is 4.74 Å². The van der Waals surface area contributed by atoms with Gasteiger partial charge >= 0.3 is 6.03 Å². The van der Waals surface area contributed by atoms with Gasteiger partial charge in [0.25, 0.3) is 5.69 Å². The van der Waals surface area contributed by atoms with Crippen LogP contribution < -0.4 is 15.4 Å². The van der Waals surface area contributed by atoms with E-state index < -0.39 is 11.0 Å². The molecular weight excluding hydrogens is 332 g/mol. The fourth-order valence-electron chi connectivity index (χ4n) is 2.01. The van der Waals surface area contributed by atoms with Gasteiger partial charge in [0.1, 0.15) is 5.75 Å². The molecule has 8 nitrogen and oxygen atoms in total. The quantitative estimate of drug-likeness (QED) is 0.552. The Hall–Kier alpha value is -3.20. The molecule has 122 valence electrons. The van der Waals surface area contributed by atoms with E-state index in [1.54, 1.807) is 13.2 Å². The summed E-state index contributed by atoms with van der Waals surface area (Å²) < 4.78 is 6.04. The molecule has 9 heteroatoms. The minimum atomic E-state index is -0.501. The standard InChI is InChI=1S/C15H12N4O4S/c1-23-11-6-7-12-13(8-11)24-15(17-12)18-14(20)16-9-2-4-10(5-3-9)19(21)22/h2-8H,1H3,(H2,16,17,18,20). The summed E-state index contributed by atoms with van der Waals surface area (Å²) >= 11 is 1.32. The minimum absolute atomic E-state index is 0.0407. The van der Waals surface area contributed by atoms with Crippen LogP contribution in [0.5, 0.6) is 5.75 Å². The topological polar surface area (TPSA) is 106 Å². The third-order valence-corrected chi connectivity index (χ3v) is 4.09. The molecule has 0 saturated carbocycles. The molecule has 1 heterocycles. The van der Waals surface area contributed by atoms with E-state index in [-0.39, 0.29) is 5.69 Å². The molecule has 0 aliphatic heterocycles. The van der Waals surface area contributed by atoms with Gasteiger partial charge in [0.15, 0.2) is 5.13 Å². The van der Waals surface area contributed by atoms with E-state index in [1.165, 1.54) is 35.6 Å². The Labute approximate surface area is 140 Å². The number of urea groups is 1. The molecule has 0 unspecified atom stereocenters. The Morgan fingerprint density at radius 3 is 2.62 bits per heavy atom. The Kier molecular flexibility index (Phi) is 4.25. The molecule has 3 rings (SSSR count). The summed E-state index contributed by atoms with van der Waals surface area (Å²) in [5.74, 6) is 0.716. The molecule has 0 fully saturated rings. The normalized spacial score (nSPS) is 10.4. The average Bonchev–Trinajstić information content (AvgIpc) is 2.96. The summed E-state index contributed by atoms with van der Waals surface area (Å²) in [4.78, 5) is 26.4. The van der Waals surface area contributed by atoms with Gasteiger partial charge < -0.3 is 10.1 Å². The van der Waals surface area contributed by atoms with Gasteiger partial charge in [-0.2, -0.15) is 0 Å². The number of nitrogens with one attached hydrogen (secondary N) is 2. The van der Waals surface area contributed by atoms with Crippen LogP contribution in [0.3, 0.4) is 0 Å². The van der Waals surface area contributed by atoms with Gasteiger partial charge in [0, 0.05) is 17.8 Å². The molecule has 2 aromatic carbocycles. The number of carbonyl (C=O) groups is 1. The second-order valence-electron chi connectivity index (χ2n) is 4.74. The molecular formula is C15H12N4O4S. The molecule has 0 radical (unpaired) electrons. The first-order valence-corrected chi connectivity index (χ1v) is 7.64. The summed E-state index contributed by atoms with van der Waals surface area (Å²) in [5, 5.41) is 16.3. The average molecular weight is 344 g/mol. The summed E-state index contributed by atoms with van der Waals surface area (Å²) in [5.41, 5.74) is 1.16. The van der Waals surface area contributed by atoms with Gasteiger partial charge in [-0.3, -0.25) is 15.4 Å². The summed E-state index contributed by atoms with van der Waals surface area (Å²) in [6.07, 6.45) is 0. The Morgan fingerprint density at radius 2 is 1.96 bits per heavy atom. The largest absolute Gasteiger partial charge is 0.497 e. The van der Waals surface area contributed by atoms with Crippen LogP contribution in [-0.4, -0.2) is 23.0 Å². The van der Waals surface area contributed by atoms with Crippen molar-refractivity contribution in [2.24, 2.45) is 0 Å². The van der Waals surface area contributed by atoms with Crippen LogP contribution >= 0.6 is 11.3 Å². The second kappa shape index (κ2) is 6.50. The third kappa shape index (κ3) is 3.41. The monoisotopic (exact) mass is 344 g/mol. The highest BCUT2D eigenvalue weighted by Gasteiger charge is 2.10. The van der Waals surface area contributed by atoms with Crippen LogP contribution in [0.15, 0.2) is 42.5 Å². The maximum absolute atomic E-state index is 12.0. The first-order valence-electron chi connectivity index (χ1n) is 6.82. The number of carbonyl (C=O) groups excluding carboxylic acids is 1. The molecule has 0 aliphatic carbocycles. The lowest BCUT2D eigenvalue weighted by molar-refractivity contribution is -0.384. The maximum atomic E-state index is 12.0. The first kappa shape index (κ1) is 15.7. The molecule has 1 aromatic heterocycles. The fraction of sp³-hybridized carbons (Fsp3) is 0.0667. The third-order valence-electron chi connectivity index (χ3n) is 3.15. The van der Waals surface area contributed by atoms with E-state index in [0.29, 0.717) is 16.6 Å². The molecule has 2 amide bonds. The Morgan fingerprint density at radius 1 is 1.21 bits per heavy atom. The summed E-state index contributed by atoms with van der Waals surface area (Å²) in [6.45, 7) is 0. The van der Waals surface area contributed by atoms with Gasteiger partial charge in [-0.1, -0.05) is 11.3 Å². The molecule has 0 aliphatic rings. The zero-order valence-corrected chi connectivity index (χ0v) is 13.3. The number of hydrogen-bond acceptors (Lipinski definition) is 6. The van der Waals surface area contributed by atoms with Gasteiger partial charge in [-0.05, 0) is 30.3 Å². The maximum Gasteiger partial charge on any atom is 0.325 e. The Balaban J connectivity index is 1.69. The molecule has 0 spiro atoms. The van der Waals surface area contributed by atoms with Crippen molar-refractivity contribution in [3.63, 3.8) is 0 Å². The number of hydrogen-bond donors (Lipinski definition) is 2. The number of rotatable bonds is 4. The van der Waals surface area contributed by atoms with Crippen molar-refractivity contribution in [3.05, 3.63) is 52.6 Å². The van der Waals surface area contributed by atoms with E-state index in [2.05, 4.69) is 15.6 Å². The van der Waals surface area contributed by atoms with Crippen molar-refractivity contribution in [3.8, 4) is 5.75 Å². The summed E-state index contributed by atoms with van der Waals surface area (Å²) in [7, 11) is 1.58. The second-order valence-corrected chi connectivity index (χ2v) is 5.77. The number of nitro groups is 1. The van der Waals surface area contributed by atoms with Crippen LogP contribution in [0.1, 0.15) is 0 Å². The predicted molar refractivity (Wildman–Crippen MR) is 91.9 cm³/mol. The number of aromatic nitrogens is 1. The molecule has 0 bridgehead atoms. The van der Waals surface area contributed by atoms with Crippen molar-refractivity contribution < 1.29 is 14.5 Å². The number of nitrogens with zero attached hydrogens (tertiary/aromatic N) is 2. The number of ether oxygens (including phenoxy) is 1. The van der Waals surface area contributed by atoms with Gasteiger partial charge in [-0.15, -0.1) is 0 Å². The molecule has 2 N–H and O–H groups in total. The first-order chi connectivity index (χ1) is 11.5. The number of non-ortho nitro benzene ring substituents is 1. The summed E-state index contributed by atoms with van der Waals surface area (Å²) in [6, 6.07) is 10.5. The van der Waals surface area contributed by atoms with E-state index in [0.717, 1.165) is 10.2 Å². The lowest BCUT2D eigenvalue weighted by Gasteiger charge is -2.04. The van der Waals surface area contributed by atoms with Crippen molar-refractivity contribution in [2.75, 3.05) is 17.7 Å². The highest BCUT2D eigenvalue weighted by molar-refractivity contribution is 7.22. The van der Waals surface area contributed by atoms with Gasteiger partial charge in [-0.25, -0.2) is 9.78 Å². The van der Waals surface area contributed by atoms with Crippen molar-refractivity contribution >= 4 is 44.1 Å². The number of amides is 2. The number of fused-ring (bicyclic) bond motifs is 1. The number of methoxy groups -OCH3 is 1. The van der Waals surface area contributed by atoms with Crippen LogP contribution in [0, 0.1) is 10.1 Å². The van der Waals surface area contributed by atoms with E-state index >= 15 is 0 Å². The smallest absolute Gasteiger partial charge is 0.325 e. The molecule has 0 saturated heterocycles.